The summed E-state index contributed by atoms with van der Waals surface area (Å²) in [6.45, 7) is 0. The van der Waals surface area contributed by atoms with E-state index in [0.29, 0.717) is 0 Å². The van der Waals surface area contributed by atoms with E-state index >= 15 is 0 Å². The van der Waals surface area contributed by atoms with Crippen molar-refractivity contribution >= 4 is 38.6 Å². The number of benzene rings is 1. The molecule has 1 atom stereocenters. The molecule has 0 aliphatic carbocycles. The molecule has 100 valence electrons. The fourth-order valence-electron chi connectivity index (χ4n) is 2.05. The van der Waals surface area contributed by atoms with E-state index in [1.54, 1.807) is 6.20 Å². The van der Waals surface area contributed by atoms with Gasteiger partial charge in [-0.3, -0.25) is 9.59 Å². The van der Waals surface area contributed by atoms with Crippen LogP contribution < -0.4 is 11.1 Å². The van der Waals surface area contributed by atoms with Gasteiger partial charge in [0, 0.05) is 35.0 Å². The number of aromatic amines is 1. The average molecular weight is 324 g/mol. The van der Waals surface area contributed by atoms with Gasteiger partial charge in [0.2, 0.25) is 11.8 Å². The summed E-state index contributed by atoms with van der Waals surface area (Å²) in [7, 11) is 1.53. The number of halogens is 1. The van der Waals surface area contributed by atoms with Crippen molar-refractivity contribution < 1.29 is 9.59 Å². The number of aromatic nitrogens is 1. The van der Waals surface area contributed by atoms with Crippen molar-refractivity contribution in [2.45, 2.75) is 12.3 Å². The first-order valence-corrected chi connectivity index (χ1v) is 6.58. The Balaban J connectivity index is 2.47. The SMILES string of the molecule is CNC(=O)CC(C(N)=O)c1c[nH]c2ccc(Br)cc12. The minimum Gasteiger partial charge on any atom is -0.369 e. The zero-order chi connectivity index (χ0) is 14.0. The highest BCUT2D eigenvalue weighted by molar-refractivity contribution is 9.10. The predicted molar refractivity (Wildman–Crippen MR) is 76.6 cm³/mol. The van der Waals surface area contributed by atoms with Gasteiger partial charge in [-0.2, -0.15) is 0 Å². The lowest BCUT2D eigenvalue weighted by Crippen LogP contribution is -2.28. The summed E-state index contributed by atoms with van der Waals surface area (Å²) in [5.41, 5.74) is 7.06. The predicted octanol–water partition coefficient (Wildman–Crippen LogP) is 1.64. The zero-order valence-corrected chi connectivity index (χ0v) is 12.0. The maximum absolute atomic E-state index is 11.6. The Morgan fingerprint density at radius 2 is 2.21 bits per heavy atom. The normalized spacial score (nSPS) is 12.3. The standard InChI is InChI=1S/C13H14BrN3O2/c1-16-12(18)5-9(13(15)19)10-6-17-11-3-2-7(14)4-8(10)11/h2-4,6,9,17H,5H2,1H3,(H2,15,19)(H,16,18). The lowest BCUT2D eigenvalue weighted by molar-refractivity contribution is -0.125. The van der Waals surface area contributed by atoms with Crippen molar-refractivity contribution in [3.8, 4) is 0 Å². The molecule has 0 aliphatic heterocycles. The second kappa shape index (κ2) is 5.44. The van der Waals surface area contributed by atoms with Gasteiger partial charge in [0.15, 0.2) is 0 Å². The van der Waals surface area contributed by atoms with Gasteiger partial charge in [0.25, 0.3) is 0 Å². The van der Waals surface area contributed by atoms with Crippen molar-refractivity contribution in [3.05, 3.63) is 34.4 Å². The minimum atomic E-state index is -0.636. The molecule has 0 aliphatic rings. The Bertz CT molecular complexity index is 636. The number of nitrogens with one attached hydrogen (secondary N) is 2. The topological polar surface area (TPSA) is 88.0 Å². The molecule has 5 nitrogen and oxygen atoms in total. The van der Waals surface area contributed by atoms with E-state index in [-0.39, 0.29) is 12.3 Å². The Morgan fingerprint density at radius 1 is 1.47 bits per heavy atom. The highest BCUT2D eigenvalue weighted by Crippen LogP contribution is 2.29. The first-order valence-electron chi connectivity index (χ1n) is 5.79. The highest BCUT2D eigenvalue weighted by Gasteiger charge is 2.24. The van der Waals surface area contributed by atoms with Gasteiger partial charge in [0.1, 0.15) is 0 Å². The quantitative estimate of drug-likeness (QED) is 0.798. The third-order valence-corrected chi connectivity index (χ3v) is 3.56. The summed E-state index contributed by atoms with van der Waals surface area (Å²) in [5, 5.41) is 3.40. The molecule has 1 heterocycles. The van der Waals surface area contributed by atoms with Gasteiger partial charge in [-0.15, -0.1) is 0 Å². The van der Waals surface area contributed by atoms with Crippen LogP contribution in [0.25, 0.3) is 10.9 Å². The molecule has 0 saturated carbocycles. The van der Waals surface area contributed by atoms with Gasteiger partial charge in [-0.1, -0.05) is 15.9 Å². The molecule has 2 aromatic rings. The molecule has 4 N–H and O–H groups in total. The summed E-state index contributed by atoms with van der Waals surface area (Å²) < 4.78 is 0.906. The highest BCUT2D eigenvalue weighted by atomic mass is 79.9. The molecule has 2 amide bonds. The van der Waals surface area contributed by atoms with E-state index < -0.39 is 11.8 Å². The Hall–Kier alpha value is -1.82. The van der Waals surface area contributed by atoms with Gasteiger partial charge in [0.05, 0.1) is 5.92 Å². The van der Waals surface area contributed by atoms with Crippen molar-refractivity contribution in [3.63, 3.8) is 0 Å². The molecule has 0 bridgehead atoms. The molecule has 1 aromatic heterocycles. The van der Waals surface area contributed by atoms with Crippen LogP contribution in [0.5, 0.6) is 0 Å². The molecule has 2 rings (SSSR count). The van der Waals surface area contributed by atoms with Crippen LogP contribution in [0, 0.1) is 0 Å². The average Bonchev–Trinajstić information content (AvgIpc) is 2.78. The van der Waals surface area contributed by atoms with Crippen LogP contribution in [0.15, 0.2) is 28.9 Å². The molecule has 0 saturated heterocycles. The largest absolute Gasteiger partial charge is 0.369 e. The molecular formula is C13H14BrN3O2. The molecule has 1 aromatic carbocycles. The molecule has 19 heavy (non-hydrogen) atoms. The monoisotopic (exact) mass is 323 g/mol. The van der Waals surface area contributed by atoms with E-state index in [1.165, 1.54) is 7.05 Å². The molecule has 0 spiro atoms. The van der Waals surface area contributed by atoms with Crippen LogP contribution in [0.1, 0.15) is 17.9 Å². The smallest absolute Gasteiger partial charge is 0.225 e. The van der Waals surface area contributed by atoms with Gasteiger partial charge >= 0.3 is 0 Å². The van der Waals surface area contributed by atoms with Crippen LogP contribution in [0.4, 0.5) is 0 Å². The van der Waals surface area contributed by atoms with Crippen molar-refractivity contribution in [1.82, 2.24) is 10.3 Å². The molecular weight excluding hydrogens is 310 g/mol. The van der Waals surface area contributed by atoms with Crippen LogP contribution in [-0.2, 0) is 9.59 Å². The Kier molecular flexibility index (Phi) is 3.90. The van der Waals surface area contributed by atoms with Crippen molar-refractivity contribution in [2.75, 3.05) is 7.05 Å². The van der Waals surface area contributed by atoms with E-state index in [1.807, 2.05) is 18.2 Å². The number of carbonyl (C=O) groups excluding carboxylic acids is 2. The second-order valence-corrected chi connectivity index (χ2v) is 5.18. The first kappa shape index (κ1) is 13.6. The van der Waals surface area contributed by atoms with Gasteiger partial charge in [-0.25, -0.2) is 0 Å². The fourth-order valence-corrected chi connectivity index (χ4v) is 2.42. The third kappa shape index (κ3) is 2.78. The Labute approximate surface area is 118 Å². The second-order valence-electron chi connectivity index (χ2n) is 4.27. The third-order valence-electron chi connectivity index (χ3n) is 3.06. The lowest BCUT2D eigenvalue weighted by atomic mass is 9.94. The number of rotatable bonds is 4. The summed E-state index contributed by atoms with van der Waals surface area (Å²) in [4.78, 5) is 26.2. The molecule has 1 unspecified atom stereocenters. The maximum atomic E-state index is 11.6. The van der Waals surface area contributed by atoms with Gasteiger partial charge < -0.3 is 16.0 Å². The van der Waals surface area contributed by atoms with Gasteiger partial charge in [-0.05, 0) is 23.8 Å². The number of primary amides is 1. The number of nitrogens with two attached hydrogens (primary N) is 1. The Morgan fingerprint density at radius 3 is 2.84 bits per heavy atom. The minimum absolute atomic E-state index is 0.0469. The van der Waals surface area contributed by atoms with Crippen LogP contribution in [0.3, 0.4) is 0 Å². The number of H-pyrrole nitrogens is 1. The van der Waals surface area contributed by atoms with Crippen molar-refractivity contribution in [2.24, 2.45) is 5.73 Å². The number of amides is 2. The number of hydrogen-bond acceptors (Lipinski definition) is 2. The number of fused-ring (bicyclic) bond motifs is 1. The van der Waals surface area contributed by atoms with E-state index in [9.17, 15) is 9.59 Å². The fraction of sp³-hybridized carbons (Fsp3) is 0.231. The zero-order valence-electron chi connectivity index (χ0n) is 10.4. The van der Waals surface area contributed by atoms with Crippen LogP contribution in [0.2, 0.25) is 0 Å². The molecule has 0 radical (unpaired) electrons. The molecule has 0 fully saturated rings. The summed E-state index contributed by atoms with van der Waals surface area (Å²) in [6.07, 6.45) is 1.78. The van der Waals surface area contributed by atoms with Crippen LogP contribution >= 0.6 is 15.9 Å². The lowest BCUT2D eigenvalue weighted by Gasteiger charge is -2.11. The van der Waals surface area contributed by atoms with E-state index in [4.69, 9.17) is 5.73 Å². The van der Waals surface area contributed by atoms with E-state index in [2.05, 4.69) is 26.2 Å². The number of hydrogen-bond donors (Lipinski definition) is 3. The molecule has 6 heteroatoms. The summed E-state index contributed by atoms with van der Waals surface area (Å²) >= 11 is 3.39. The van der Waals surface area contributed by atoms with Crippen molar-refractivity contribution in [1.29, 1.82) is 0 Å². The first-order chi connectivity index (χ1) is 9.02. The summed E-state index contributed by atoms with van der Waals surface area (Å²) in [5.74, 6) is -1.36. The van der Waals surface area contributed by atoms with E-state index in [0.717, 1.165) is 20.9 Å². The summed E-state index contributed by atoms with van der Waals surface area (Å²) in [6, 6.07) is 5.71. The van der Waals surface area contributed by atoms with Crippen LogP contribution in [-0.4, -0.2) is 23.8 Å². The number of carbonyl (C=O) groups is 2. The maximum Gasteiger partial charge on any atom is 0.225 e.